The average Bonchev–Trinajstić information content (AvgIpc) is 3.12. The number of anilines is 1. The predicted molar refractivity (Wildman–Crippen MR) is 69.1 cm³/mol. The Hall–Kier alpha value is -1.13. The van der Waals surface area contributed by atoms with Crippen molar-refractivity contribution < 1.29 is 9.50 Å². The third-order valence-electron chi connectivity index (χ3n) is 3.98. The Balaban J connectivity index is 1.72. The van der Waals surface area contributed by atoms with E-state index in [-0.39, 0.29) is 18.0 Å². The van der Waals surface area contributed by atoms with Crippen molar-refractivity contribution in [3.63, 3.8) is 0 Å². The molecule has 1 unspecified atom stereocenters. The first-order valence-corrected chi connectivity index (χ1v) is 6.59. The lowest BCUT2D eigenvalue weighted by atomic mass is 9.99. The molecule has 2 N–H and O–H groups in total. The lowest BCUT2D eigenvalue weighted by molar-refractivity contribution is 0.205. The minimum Gasteiger partial charge on any atom is -0.394 e. The van der Waals surface area contributed by atoms with Crippen LogP contribution in [0.15, 0.2) is 24.3 Å². The highest BCUT2D eigenvalue weighted by atomic mass is 19.1. The lowest BCUT2D eigenvalue weighted by Gasteiger charge is -2.30. The van der Waals surface area contributed by atoms with Gasteiger partial charge in [0, 0.05) is 24.8 Å². The van der Waals surface area contributed by atoms with E-state index < -0.39 is 0 Å². The van der Waals surface area contributed by atoms with Crippen LogP contribution in [0.4, 0.5) is 10.1 Å². The number of hydrogen-bond acceptors (Lipinski definition) is 3. The van der Waals surface area contributed by atoms with Crippen LogP contribution in [0.2, 0.25) is 0 Å². The molecule has 1 heterocycles. The fourth-order valence-electron chi connectivity index (χ4n) is 2.80. The van der Waals surface area contributed by atoms with Gasteiger partial charge in [0.2, 0.25) is 0 Å². The van der Waals surface area contributed by atoms with Crippen LogP contribution in [0.3, 0.4) is 0 Å². The second kappa shape index (κ2) is 4.52. The maximum absolute atomic E-state index is 13.2. The highest BCUT2D eigenvalue weighted by molar-refractivity contribution is 5.46. The summed E-state index contributed by atoms with van der Waals surface area (Å²) in [6.45, 7) is 1.96. The summed E-state index contributed by atoms with van der Waals surface area (Å²) in [5, 5.41) is 13.0. The number of halogens is 1. The Labute approximate surface area is 107 Å². The number of likely N-dealkylation sites (tertiary alicyclic amines) is 1. The molecule has 3 nitrogen and oxygen atoms in total. The average molecular weight is 250 g/mol. The summed E-state index contributed by atoms with van der Waals surface area (Å²) in [5.74, 6) is -0.245. The maximum Gasteiger partial charge on any atom is 0.125 e. The smallest absolute Gasteiger partial charge is 0.125 e. The zero-order valence-corrected chi connectivity index (χ0v) is 10.4. The number of hydrogen-bond donors (Lipinski definition) is 2. The highest BCUT2D eigenvalue weighted by Gasteiger charge is 2.42. The van der Waals surface area contributed by atoms with Crippen LogP contribution < -0.4 is 5.32 Å². The largest absolute Gasteiger partial charge is 0.394 e. The Morgan fingerprint density at radius 2 is 2.28 bits per heavy atom. The summed E-state index contributed by atoms with van der Waals surface area (Å²) in [6, 6.07) is 7.17. The second-order valence-electron chi connectivity index (χ2n) is 5.53. The molecule has 4 heteroatoms. The van der Waals surface area contributed by atoms with E-state index in [9.17, 15) is 9.50 Å². The standard InChI is InChI=1S/C14H19FN2O/c15-11-2-1-3-12(8-11)16-14(10-18)6-7-17(9-14)13-4-5-13/h1-3,8,13,16,18H,4-7,9-10H2. The number of benzene rings is 1. The molecule has 2 fully saturated rings. The van der Waals surface area contributed by atoms with Crippen LogP contribution in [0.5, 0.6) is 0 Å². The van der Waals surface area contributed by atoms with Crippen molar-refractivity contribution in [1.29, 1.82) is 0 Å². The number of aliphatic hydroxyl groups excluding tert-OH is 1. The van der Waals surface area contributed by atoms with Crippen molar-refractivity contribution in [2.24, 2.45) is 0 Å². The van der Waals surface area contributed by atoms with Crippen molar-refractivity contribution in [1.82, 2.24) is 4.90 Å². The van der Waals surface area contributed by atoms with Crippen LogP contribution in [-0.4, -0.2) is 41.3 Å². The van der Waals surface area contributed by atoms with E-state index in [1.807, 2.05) is 6.07 Å². The third kappa shape index (κ3) is 2.35. The van der Waals surface area contributed by atoms with E-state index >= 15 is 0 Å². The van der Waals surface area contributed by atoms with E-state index in [2.05, 4.69) is 10.2 Å². The molecule has 2 aliphatic rings. The molecule has 0 bridgehead atoms. The van der Waals surface area contributed by atoms with Gasteiger partial charge in [-0.15, -0.1) is 0 Å². The molecule has 1 aromatic carbocycles. The van der Waals surface area contributed by atoms with Crippen LogP contribution in [0.1, 0.15) is 19.3 Å². The fraction of sp³-hybridized carbons (Fsp3) is 0.571. The van der Waals surface area contributed by atoms with Crippen LogP contribution >= 0.6 is 0 Å². The molecule has 0 radical (unpaired) electrons. The van der Waals surface area contributed by atoms with Gasteiger partial charge in [-0.2, -0.15) is 0 Å². The van der Waals surface area contributed by atoms with Gasteiger partial charge in [-0.25, -0.2) is 4.39 Å². The van der Waals surface area contributed by atoms with E-state index in [1.165, 1.54) is 25.0 Å². The topological polar surface area (TPSA) is 35.5 Å². The van der Waals surface area contributed by atoms with E-state index in [1.54, 1.807) is 6.07 Å². The molecule has 1 aromatic rings. The van der Waals surface area contributed by atoms with Gasteiger partial charge in [-0.1, -0.05) is 6.07 Å². The first-order valence-electron chi connectivity index (χ1n) is 6.59. The van der Waals surface area contributed by atoms with Crippen molar-refractivity contribution in [3.05, 3.63) is 30.1 Å². The number of nitrogens with zero attached hydrogens (tertiary/aromatic N) is 1. The monoisotopic (exact) mass is 250 g/mol. The van der Waals surface area contributed by atoms with E-state index in [0.717, 1.165) is 25.2 Å². The molecular weight excluding hydrogens is 231 g/mol. The fourth-order valence-corrected chi connectivity index (χ4v) is 2.80. The summed E-state index contributed by atoms with van der Waals surface area (Å²) in [5.41, 5.74) is 0.442. The molecule has 18 heavy (non-hydrogen) atoms. The van der Waals surface area contributed by atoms with Gasteiger partial charge in [0.15, 0.2) is 0 Å². The molecule has 98 valence electrons. The third-order valence-corrected chi connectivity index (χ3v) is 3.98. The number of aliphatic hydroxyl groups is 1. The predicted octanol–water partition coefficient (Wildman–Crippen LogP) is 1.84. The zero-order valence-electron chi connectivity index (χ0n) is 10.4. The highest BCUT2D eigenvalue weighted by Crippen LogP contribution is 2.34. The summed E-state index contributed by atoms with van der Waals surface area (Å²) in [6.07, 6.45) is 3.47. The maximum atomic E-state index is 13.2. The first kappa shape index (κ1) is 11.9. The lowest BCUT2D eigenvalue weighted by Crippen LogP contribution is -2.45. The van der Waals surface area contributed by atoms with Crippen molar-refractivity contribution >= 4 is 5.69 Å². The van der Waals surface area contributed by atoms with Gasteiger partial charge in [-0.3, -0.25) is 4.90 Å². The molecule has 0 spiro atoms. The summed E-state index contributed by atoms with van der Waals surface area (Å²) in [4.78, 5) is 2.43. The molecule has 1 saturated heterocycles. The Kier molecular flexibility index (Phi) is 2.99. The number of rotatable bonds is 4. The second-order valence-corrected chi connectivity index (χ2v) is 5.53. The van der Waals surface area contributed by atoms with Crippen LogP contribution in [0.25, 0.3) is 0 Å². The summed E-state index contributed by atoms with van der Waals surface area (Å²) >= 11 is 0. The number of nitrogens with one attached hydrogen (secondary N) is 1. The molecule has 0 amide bonds. The molecular formula is C14H19FN2O. The molecule has 3 rings (SSSR count). The van der Waals surface area contributed by atoms with Crippen molar-refractivity contribution in [3.8, 4) is 0 Å². The molecule has 0 aromatic heterocycles. The zero-order chi connectivity index (χ0) is 12.6. The Morgan fingerprint density at radius 1 is 1.44 bits per heavy atom. The van der Waals surface area contributed by atoms with E-state index in [0.29, 0.717) is 6.04 Å². The molecule has 1 saturated carbocycles. The van der Waals surface area contributed by atoms with E-state index in [4.69, 9.17) is 0 Å². The van der Waals surface area contributed by atoms with Gasteiger partial charge < -0.3 is 10.4 Å². The summed E-state index contributed by atoms with van der Waals surface area (Å²) < 4.78 is 13.2. The van der Waals surface area contributed by atoms with Gasteiger partial charge in [-0.05, 0) is 37.5 Å². The SMILES string of the molecule is OCC1(Nc2cccc(F)c2)CCN(C2CC2)C1. The van der Waals surface area contributed by atoms with Crippen LogP contribution in [0, 0.1) is 5.82 Å². The van der Waals surface area contributed by atoms with Crippen molar-refractivity contribution in [2.75, 3.05) is 25.0 Å². The van der Waals surface area contributed by atoms with Crippen LogP contribution in [-0.2, 0) is 0 Å². The Morgan fingerprint density at radius 3 is 2.94 bits per heavy atom. The normalized spacial score (nSPS) is 28.6. The molecule has 1 aliphatic heterocycles. The van der Waals surface area contributed by atoms with Gasteiger partial charge >= 0.3 is 0 Å². The molecule has 1 atom stereocenters. The quantitative estimate of drug-likeness (QED) is 0.856. The van der Waals surface area contributed by atoms with Gasteiger partial charge in [0.1, 0.15) is 5.82 Å². The Bertz CT molecular complexity index is 436. The van der Waals surface area contributed by atoms with Gasteiger partial charge in [0.25, 0.3) is 0 Å². The molecule has 1 aliphatic carbocycles. The summed E-state index contributed by atoms with van der Waals surface area (Å²) in [7, 11) is 0. The minimum atomic E-state index is -0.309. The van der Waals surface area contributed by atoms with Crippen molar-refractivity contribution in [2.45, 2.75) is 30.8 Å². The van der Waals surface area contributed by atoms with Gasteiger partial charge in [0.05, 0.1) is 12.1 Å². The minimum absolute atomic E-state index is 0.0900. The first-order chi connectivity index (χ1) is 8.71.